The molecule has 0 aromatic heterocycles. The fraction of sp³-hybridized carbons (Fsp3) is 0.315. The van der Waals surface area contributed by atoms with Crippen LogP contribution in [-0.4, -0.2) is 95.9 Å². The Balaban J connectivity index is 1.11. The zero-order valence-electron chi connectivity index (χ0n) is 47.4. The predicted octanol–water partition coefficient (Wildman–Crippen LogP) is 13.6. The summed E-state index contributed by atoms with van der Waals surface area (Å²) in [5.41, 5.74) is 17.9. The maximum Gasteiger partial charge on any atom is 0.0558 e. The minimum Gasteiger partial charge on any atom is -0.395 e. The molecule has 0 saturated carbocycles. The van der Waals surface area contributed by atoms with Crippen molar-refractivity contribution in [2.24, 2.45) is 0 Å². The Bertz CT molecular complexity index is 3290. The first-order valence-electron chi connectivity index (χ1n) is 28.9. The fourth-order valence-corrected chi connectivity index (χ4v) is 11.7. The Hall–Kier alpha value is -7.86. The van der Waals surface area contributed by atoms with E-state index in [4.69, 9.17) is 12.8 Å². The molecule has 0 atom stereocenters. The van der Waals surface area contributed by atoms with Gasteiger partial charge in [-0.15, -0.1) is 12.8 Å². The Kier molecular flexibility index (Phi) is 22.0. The number of rotatable bonds is 29. The molecule has 0 saturated heterocycles. The first-order chi connectivity index (χ1) is 39.7. The highest BCUT2D eigenvalue weighted by Gasteiger charge is 2.42. The second-order valence-electron chi connectivity index (χ2n) is 21.2. The molecular weight excluding hydrogens is 997 g/mol. The fourth-order valence-electron chi connectivity index (χ4n) is 11.7. The first-order valence-corrected chi connectivity index (χ1v) is 28.9. The van der Waals surface area contributed by atoms with E-state index >= 15 is 0 Å². The number of hydrogen-bond acceptors (Lipinski definition) is 8. The number of aliphatic hydroxyl groups excluding tert-OH is 4. The van der Waals surface area contributed by atoms with Gasteiger partial charge in [-0.3, -0.25) is 9.80 Å². The molecule has 1 aliphatic carbocycles. The van der Waals surface area contributed by atoms with Crippen LogP contribution in [0.4, 0.5) is 34.1 Å². The number of nitrogens with zero attached hydrogens (tertiary/aromatic N) is 4. The maximum atomic E-state index is 9.60. The number of anilines is 6. The molecule has 0 fully saturated rings. The number of terminal acetylenes is 2. The lowest BCUT2D eigenvalue weighted by Crippen LogP contribution is -2.30. The van der Waals surface area contributed by atoms with Crippen molar-refractivity contribution in [2.75, 3.05) is 75.5 Å². The molecule has 81 heavy (non-hydrogen) atoms. The summed E-state index contributed by atoms with van der Waals surface area (Å²) in [7, 11) is 0. The van der Waals surface area contributed by atoms with Gasteiger partial charge in [0.05, 0.1) is 26.4 Å². The molecule has 0 heterocycles. The van der Waals surface area contributed by atoms with Crippen molar-refractivity contribution in [3.05, 3.63) is 191 Å². The minimum absolute atomic E-state index is 0.0988. The molecule has 0 bridgehead atoms. The monoisotopic (exact) mass is 1070 g/mol. The van der Waals surface area contributed by atoms with E-state index in [1.807, 2.05) is 24.3 Å². The number of unbranched alkanes of at least 4 members (excludes halogenated alkanes) is 6. The molecule has 0 unspecified atom stereocenters. The van der Waals surface area contributed by atoms with E-state index in [-0.39, 0.29) is 31.8 Å². The zero-order valence-corrected chi connectivity index (χ0v) is 47.4. The second-order valence-corrected chi connectivity index (χ2v) is 21.2. The van der Waals surface area contributed by atoms with Crippen molar-refractivity contribution < 1.29 is 20.4 Å². The maximum absolute atomic E-state index is 9.60. The van der Waals surface area contributed by atoms with E-state index in [9.17, 15) is 20.4 Å². The highest BCUT2D eigenvalue weighted by atomic mass is 16.3. The zero-order chi connectivity index (χ0) is 56.8. The SMILES string of the molecule is C#CC#Cc1ccc(N(c2ccc(C)cc2)c2ccc(N(c3ccc(C#CC#C)cc3)c3ccc(-c4ccc5c(c4)C(CCCCCCN(CCO)CCO)(CCCCCCN(CCO)CCO)c4cc(C)ccc4-5)cc3)cc2)cc1. The normalized spacial score (nSPS) is 11.9. The molecule has 414 valence electrons. The lowest BCUT2D eigenvalue weighted by atomic mass is 9.70. The molecule has 1 aliphatic rings. The van der Waals surface area contributed by atoms with Gasteiger partial charge in [0.25, 0.3) is 0 Å². The third-order valence-electron chi connectivity index (χ3n) is 15.8. The summed E-state index contributed by atoms with van der Waals surface area (Å²) in [6.07, 6.45) is 21.7. The van der Waals surface area contributed by atoms with Crippen LogP contribution < -0.4 is 9.80 Å². The van der Waals surface area contributed by atoms with Gasteiger partial charge in [0.15, 0.2) is 0 Å². The van der Waals surface area contributed by atoms with Gasteiger partial charge < -0.3 is 30.2 Å². The Morgan fingerprint density at radius 3 is 1.14 bits per heavy atom. The summed E-state index contributed by atoms with van der Waals surface area (Å²) in [6.45, 7) is 8.81. The third kappa shape index (κ3) is 15.3. The Morgan fingerprint density at radius 2 is 0.716 bits per heavy atom. The van der Waals surface area contributed by atoms with Crippen LogP contribution in [-0.2, 0) is 5.41 Å². The van der Waals surface area contributed by atoms with Crippen molar-refractivity contribution in [1.82, 2.24) is 9.80 Å². The van der Waals surface area contributed by atoms with Crippen LogP contribution in [0, 0.1) is 62.2 Å². The Morgan fingerprint density at radius 1 is 0.370 bits per heavy atom. The van der Waals surface area contributed by atoms with E-state index in [1.165, 1.54) is 38.9 Å². The second kappa shape index (κ2) is 30.1. The van der Waals surface area contributed by atoms with Crippen LogP contribution in [0.3, 0.4) is 0 Å². The first kappa shape index (κ1) is 59.3. The summed E-state index contributed by atoms with van der Waals surface area (Å²) in [5.74, 6) is 16.4. The molecule has 8 heteroatoms. The van der Waals surface area contributed by atoms with Gasteiger partial charge in [0.2, 0.25) is 0 Å². The highest BCUT2D eigenvalue weighted by Crippen LogP contribution is 2.55. The van der Waals surface area contributed by atoms with Gasteiger partial charge in [-0.05, 0) is 213 Å². The van der Waals surface area contributed by atoms with Gasteiger partial charge >= 0.3 is 0 Å². The van der Waals surface area contributed by atoms with Crippen LogP contribution in [0.5, 0.6) is 0 Å². The van der Waals surface area contributed by atoms with Crippen molar-refractivity contribution in [1.29, 1.82) is 0 Å². The van der Waals surface area contributed by atoms with Gasteiger partial charge in [-0.2, -0.15) is 0 Å². The largest absolute Gasteiger partial charge is 0.395 e. The summed E-state index contributed by atoms with van der Waals surface area (Å²) in [4.78, 5) is 8.84. The van der Waals surface area contributed by atoms with Crippen molar-refractivity contribution in [2.45, 2.75) is 83.5 Å². The van der Waals surface area contributed by atoms with E-state index < -0.39 is 0 Å². The quantitative estimate of drug-likeness (QED) is 0.0272. The number of hydrogen-bond donors (Lipinski definition) is 4. The van der Waals surface area contributed by atoms with Crippen LogP contribution >= 0.6 is 0 Å². The molecule has 0 aliphatic heterocycles. The number of fused-ring (bicyclic) bond motifs is 3. The number of aryl methyl sites for hydroxylation is 2. The van der Waals surface area contributed by atoms with E-state index in [0.29, 0.717) is 26.2 Å². The lowest BCUT2D eigenvalue weighted by Gasteiger charge is -2.33. The standard InChI is InChI=1S/C73H78N4O4/c1-5-7-17-59-22-31-64(32-23-59)76(63-29-19-57(3)20-30-63)67-37-39-68(40-38-67)77(65-33-24-60(25-34-65)18-8-6-2)66-35-26-61(27-36-66)62-28-42-70-69-41-21-58(4)55-71(69)73(72(70)56-62,43-13-9-11-15-45-74(47-51-78)48-52-79)44-14-10-12-16-46-75(49-53-80)50-54-81/h1-2,19-42,55-56,78-81H,9-16,43-54H2,3-4H3. The average Bonchev–Trinajstić information content (AvgIpc) is 3.98. The van der Waals surface area contributed by atoms with E-state index in [2.05, 4.69) is 202 Å². The van der Waals surface area contributed by atoms with Crippen LogP contribution in [0.1, 0.15) is 97.6 Å². The molecule has 7 aromatic carbocycles. The molecule has 8 rings (SSSR count). The molecule has 4 N–H and O–H groups in total. The lowest BCUT2D eigenvalue weighted by molar-refractivity contribution is 0.159. The molecule has 0 radical (unpaired) electrons. The highest BCUT2D eigenvalue weighted by molar-refractivity contribution is 5.86. The van der Waals surface area contributed by atoms with Gasteiger partial charge in [-0.25, -0.2) is 0 Å². The summed E-state index contributed by atoms with van der Waals surface area (Å²) >= 11 is 0. The minimum atomic E-state index is -0.151. The molecule has 0 amide bonds. The molecule has 7 aromatic rings. The van der Waals surface area contributed by atoms with Crippen molar-refractivity contribution in [3.63, 3.8) is 0 Å². The van der Waals surface area contributed by atoms with E-state index in [0.717, 1.165) is 128 Å². The van der Waals surface area contributed by atoms with Crippen LogP contribution in [0.25, 0.3) is 22.3 Å². The van der Waals surface area contributed by atoms with Crippen molar-refractivity contribution in [3.8, 4) is 70.6 Å². The third-order valence-corrected chi connectivity index (χ3v) is 15.8. The topological polar surface area (TPSA) is 93.9 Å². The molecular formula is C73H78N4O4. The molecule has 8 nitrogen and oxygen atoms in total. The van der Waals surface area contributed by atoms with Crippen LogP contribution in [0.2, 0.25) is 0 Å². The Labute approximate surface area is 482 Å². The van der Waals surface area contributed by atoms with Gasteiger partial charge in [0, 0.05) is 76.8 Å². The summed E-state index contributed by atoms with van der Waals surface area (Å²) in [5, 5.41) is 38.4. The van der Waals surface area contributed by atoms with Gasteiger partial charge in [-0.1, -0.05) is 116 Å². The number of aliphatic hydroxyl groups is 4. The smallest absolute Gasteiger partial charge is 0.0558 e. The van der Waals surface area contributed by atoms with Crippen molar-refractivity contribution >= 4 is 34.1 Å². The van der Waals surface area contributed by atoms with Crippen LogP contribution in [0.15, 0.2) is 158 Å². The summed E-state index contributed by atoms with van der Waals surface area (Å²) < 4.78 is 0. The summed E-state index contributed by atoms with van der Waals surface area (Å²) in [6, 6.07) is 56.8. The molecule has 0 spiro atoms. The average molecular weight is 1080 g/mol. The van der Waals surface area contributed by atoms with Gasteiger partial charge in [0.1, 0.15) is 0 Å². The predicted molar refractivity (Wildman–Crippen MR) is 336 cm³/mol. The van der Waals surface area contributed by atoms with E-state index in [1.54, 1.807) is 0 Å². The number of benzene rings is 7.